The Hall–Kier alpha value is -0.600. The maximum Gasteiger partial charge on any atom is 0.190 e. The smallest absolute Gasteiger partial charge is 0.190 e. The minimum atomic E-state index is 0. The molecule has 22 heavy (non-hydrogen) atoms. The van der Waals surface area contributed by atoms with Crippen molar-refractivity contribution >= 4 is 57.2 Å². The summed E-state index contributed by atoms with van der Waals surface area (Å²) < 4.78 is 1.18. The van der Waals surface area contributed by atoms with Gasteiger partial charge in [-0.2, -0.15) is 0 Å². The molecule has 120 valence electrons. The summed E-state index contributed by atoms with van der Waals surface area (Å²) in [6.07, 6.45) is 2.01. The molecule has 0 amide bonds. The zero-order chi connectivity index (χ0) is 14.9. The third kappa shape index (κ3) is 7.11. The van der Waals surface area contributed by atoms with Crippen molar-refractivity contribution in [1.29, 1.82) is 0 Å². The minimum absolute atomic E-state index is 0. The molecule has 0 aliphatic carbocycles. The number of thiophene rings is 1. The number of hydrogen-bond acceptors (Lipinski definition) is 2. The number of hydrogen-bond donors (Lipinski definition) is 2. The lowest BCUT2D eigenvalue weighted by molar-refractivity contribution is 0.788. The third-order valence-corrected chi connectivity index (χ3v) is 4.75. The van der Waals surface area contributed by atoms with Crippen molar-refractivity contribution in [3.63, 3.8) is 0 Å². The highest BCUT2D eigenvalue weighted by Crippen LogP contribution is 2.21. The summed E-state index contributed by atoms with van der Waals surface area (Å²) >= 11 is 5.26. The summed E-state index contributed by atoms with van der Waals surface area (Å²) in [5, 5.41) is 6.69. The van der Waals surface area contributed by atoms with Crippen LogP contribution >= 0.6 is 51.2 Å². The molecule has 0 bridgehead atoms. The molecule has 2 aromatic rings. The first-order chi connectivity index (χ1) is 10.3. The van der Waals surface area contributed by atoms with Crippen molar-refractivity contribution in [3.05, 3.63) is 56.7 Å². The lowest BCUT2D eigenvalue weighted by Crippen LogP contribution is -2.39. The quantitative estimate of drug-likeness (QED) is 0.361. The Morgan fingerprint density at radius 3 is 2.32 bits per heavy atom. The van der Waals surface area contributed by atoms with Crippen LogP contribution in [0.4, 0.5) is 0 Å². The van der Waals surface area contributed by atoms with Gasteiger partial charge in [0.25, 0.3) is 0 Å². The van der Waals surface area contributed by atoms with Crippen LogP contribution in [0.3, 0.4) is 0 Å². The van der Waals surface area contributed by atoms with E-state index in [2.05, 4.69) is 68.0 Å². The third-order valence-electron chi connectivity index (χ3n) is 3.07. The Balaban J connectivity index is 0.00000242. The summed E-state index contributed by atoms with van der Waals surface area (Å²) in [7, 11) is 1.81. The van der Waals surface area contributed by atoms with Gasteiger partial charge in [0, 0.05) is 25.0 Å². The number of benzene rings is 1. The fraction of sp³-hybridized carbons (Fsp3) is 0.312. The van der Waals surface area contributed by atoms with E-state index in [4.69, 9.17) is 0 Å². The molecule has 0 aliphatic heterocycles. The van der Waals surface area contributed by atoms with Gasteiger partial charge in [-0.3, -0.25) is 4.99 Å². The summed E-state index contributed by atoms with van der Waals surface area (Å²) in [6.45, 7) is 1.77. The highest BCUT2D eigenvalue weighted by molar-refractivity contribution is 14.0. The second-order valence-corrected chi connectivity index (χ2v) is 7.16. The molecule has 0 spiro atoms. The maximum absolute atomic E-state index is 4.24. The van der Waals surface area contributed by atoms with E-state index < -0.39 is 0 Å². The van der Waals surface area contributed by atoms with Crippen molar-refractivity contribution in [2.75, 3.05) is 20.1 Å². The lowest BCUT2D eigenvalue weighted by Gasteiger charge is -2.11. The van der Waals surface area contributed by atoms with Crippen LogP contribution in [0.25, 0.3) is 0 Å². The highest BCUT2D eigenvalue weighted by Gasteiger charge is 2.00. The summed E-state index contributed by atoms with van der Waals surface area (Å²) in [4.78, 5) is 5.61. The SMILES string of the molecule is CN=C(NCCc1ccccc1)NCCc1ccc(Br)s1.I. The van der Waals surface area contributed by atoms with Crippen LogP contribution in [0.2, 0.25) is 0 Å². The predicted molar refractivity (Wildman–Crippen MR) is 111 cm³/mol. The second-order valence-electron chi connectivity index (χ2n) is 4.62. The second kappa shape index (κ2) is 11.0. The van der Waals surface area contributed by atoms with E-state index >= 15 is 0 Å². The number of halogens is 2. The monoisotopic (exact) mass is 493 g/mol. The van der Waals surface area contributed by atoms with Crippen LogP contribution in [0, 0.1) is 0 Å². The zero-order valence-corrected chi connectivity index (χ0v) is 17.2. The van der Waals surface area contributed by atoms with Gasteiger partial charge in [0.05, 0.1) is 3.79 Å². The number of nitrogens with one attached hydrogen (secondary N) is 2. The lowest BCUT2D eigenvalue weighted by atomic mass is 10.1. The molecule has 1 aromatic heterocycles. The van der Waals surface area contributed by atoms with Gasteiger partial charge in [0.15, 0.2) is 5.96 Å². The first kappa shape index (κ1) is 19.4. The molecule has 0 saturated heterocycles. The molecule has 1 aromatic carbocycles. The van der Waals surface area contributed by atoms with Gasteiger partial charge in [-0.05, 0) is 46.5 Å². The van der Waals surface area contributed by atoms with Crippen LogP contribution in [0.15, 0.2) is 51.2 Å². The highest BCUT2D eigenvalue weighted by atomic mass is 127. The van der Waals surface area contributed by atoms with Crippen molar-refractivity contribution in [3.8, 4) is 0 Å². The van der Waals surface area contributed by atoms with Crippen LogP contribution in [-0.2, 0) is 12.8 Å². The van der Waals surface area contributed by atoms with Gasteiger partial charge in [-0.25, -0.2) is 0 Å². The molecule has 3 nitrogen and oxygen atoms in total. The van der Waals surface area contributed by atoms with Gasteiger partial charge < -0.3 is 10.6 Å². The molecule has 0 saturated carbocycles. The Morgan fingerprint density at radius 1 is 1.05 bits per heavy atom. The minimum Gasteiger partial charge on any atom is -0.356 e. The fourth-order valence-electron chi connectivity index (χ4n) is 1.98. The number of guanidine groups is 1. The van der Waals surface area contributed by atoms with Crippen LogP contribution in [-0.4, -0.2) is 26.1 Å². The zero-order valence-electron chi connectivity index (χ0n) is 12.5. The average molecular weight is 494 g/mol. The van der Waals surface area contributed by atoms with Crippen LogP contribution < -0.4 is 10.6 Å². The van der Waals surface area contributed by atoms with Gasteiger partial charge in [0.2, 0.25) is 0 Å². The first-order valence-electron chi connectivity index (χ1n) is 7.00. The molecule has 2 rings (SSSR count). The van der Waals surface area contributed by atoms with E-state index in [1.54, 1.807) is 18.4 Å². The van der Waals surface area contributed by atoms with Gasteiger partial charge in [-0.1, -0.05) is 30.3 Å². The van der Waals surface area contributed by atoms with Crippen LogP contribution in [0.5, 0.6) is 0 Å². The summed E-state index contributed by atoms with van der Waals surface area (Å²) in [5.41, 5.74) is 1.34. The Kier molecular flexibility index (Phi) is 9.74. The van der Waals surface area contributed by atoms with Crippen molar-refractivity contribution in [1.82, 2.24) is 10.6 Å². The molecule has 0 unspecified atom stereocenters. The van der Waals surface area contributed by atoms with E-state index in [0.717, 1.165) is 31.9 Å². The predicted octanol–water partition coefficient (Wildman–Crippen LogP) is 4.08. The van der Waals surface area contributed by atoms with Gasteiger partial charge in [0.1, 0.15) is 0 Å². The standard InChI is InChI=1S/C16H20BrN3S.HI/c1-18-16(19-11-9-13-5-3-2-4-6-13)20-12-10-14-7-8-15(17)21-14;/h2-8H,9-12H2,1H3,(H2,18,19,20);1H. The average Bonchev–Trinajstić information content (AvgIpc) is 2.92. The molecule has 0 atom stereocenters. The van der Waals surface area contributed by atoms with E-state index in [9.17, 15) is 0 Å². The van der Waals surface area contributed by atoms with E-state index in [1.165, 1.54) is 14.2 Å². The van der Waals surface area contributed by atoms with Crippen molar-refractivity contribution in [2.24, 2.45) is 4.99 Å². The van der Waals surface area contributed by atoms with Crippen LogP contribution in [0.1, 0.15) is 10.4 Å². The molecule has 0 fully saturated rings. The Bertz CT molecular complexity index is 572. The molecular weight excluding hydrogens is 473 g/mol. The van der Waals surface area contributed by atoms with Crippen molar-refractivity contribution in [2.45, 2.75) is 12.8 Å². The molecule has 2 N–H and O–H groups in total. The first-order valence-corrected chi connectivity index (χ1v) is 8.61. The molecule has 0 aliphatic rings. The molecule has 6 heteroatoms. The molecule has 1 heterocycles. The van der Waals surface area contributed by atoms with Gasteiger partial charge in [-0.15, -0.1) is 35.3 Å². The number of nitrogens with zero attached hydrogens (tertiary/aromatic N) is 1. The van der Waals surface area contributed by atoms with E-state index in [0.29, 0.717) is 0 Å². The van der Waals surface area contributed by atoms with Crippen molar-refractivity contribution < 1.29 is 0 Å². The van der Waals surface area contributed by atoms with E-state index in [1.807, 2.05) is 6.07 Å². The number of aliphatic imine (C=N–C) groups is 1. The number of rotatable bonds is 6. The topological polar surface area (TPSA) is 36.4 Å². The Morgan fingerprint density at radius 2 is 1.73 bits per heavy atom. The molecular formula is C16H21BrIN3S. The summed E-state index contributed by atoms with van der Waals surface area (Å²) in [5.74, 6) is 0.863. The Labute approximate surface area is 161 Å². The summed E-state index contributed by atoms with van der Waals surface area (Å²) in [6, 6.07) is 14.7. The maximum atomic E-state index is 4.24. The largest absolute Gasteiger partial charge is 0.356 e. The normalized spacial score (nSPS) is 10.9. The molecule has 0 radical (unpaired) electrons. The van der Waals surface area contributed by atoms with E-state index in [-0.39, 0.29) is 24.0 Å². The fourth-order valence-corrected chi connectivity index (χ4v) is 3.46. The van der Waals surface area contributed by atoms with Gasteiger partial charge >= 0.3 is 0 Å².